The van der Waals surface area contributed by atoms with Crippen molar-refractivity contribution in [1.29, 1.82) is 0 Å². The Balaban J connectivity index is 2.83. The monoisotopic (exact) mass is 262 g/mol. The molecule has 6 heteroatoms. The van der Waals surface area contributed by atoms with Gasteiger partial charge < -0.3 is 14.7 Å². The highest BCUT2D eigenvalue weighted by atomic mass is 16.4. The summed E-state index contributed by atoms with van der Waals surface area (Å²) < 4.78 is 1.32. The molecule has 0 saturated heterocycles. The molecule has 0 amide bonds. The highest BCUT2D eigenvalue weighted by Gasteiger charge is 2.11. The third-order valence-corrected chi connectivity index (χ3v) is 2.77. The summed E-state index contributed by atoms with van der Waals surface area (Å²) >= 11 is 0. The van der Waals surface area contributed by atoms with Gasteiger partial charge in [0.2, 0.25) is 0 Å². The van der Waals surface area contributed by atoms with Crippen molar-refractivity contribution in [2.75, 3.05) is 0 Å². The van der Waals surface area contributed by atoms with Crippen LogP contribution in [0.25, 0.3) is 11.0 Å². The minimum atomic E-state index is -1.07. The molecule has 19 heavy (non-hydrogen) atoms. The molecule has 0 aliphatic carbocycles. The van der Waals surface area contributed by atoms with Gasteiger partial charge in [-0.1, -0.05) is 13.8 Å². The Morgan fingerprint density at radius 3 is 2.63 bits per heavy atom. The van der Waals surface area contributed by atoms with Crippen LogP contribution >= 0.6 is 0 Å². The van der Waals surface area contributed by atoms with Crippen molar-refractivity contribution in [3.63, 3.8) is 0 Å². The number of aromatic amines is 1. The number of nitrogens with zero attached hydrogens (tertiary/aromatic N) is 1. The number of carbonyl (C=O) groups is 1. The van der Waals surface area contributed by atoms with Crippen LogP contribution in [0.1, 0.15) is 24.2 Å². The van der Waals surface area contributed by atoms with E-state index in [0.29, 0.717) is 17.6 Å². The molecular weight excluding hydrogens is 248 g/mol. The molecule has 2 aromatic rings. The molecule has 0 aliphatic heterocycles. The number of H-pyrrole nitrogens is 1. The molecule has 0 fully saturated rings. The smallest absolute Gasteiger partial charge is 0.335 e. The van der Waals surface area contributed by atoms with Crippen molar-refractivity contribution in [1.82, 2.24) is 9.55 Å². The lowest BCUT2D eigenvalue weighted by Crippen LogP contribution is -2.37. The molecule has 1 aromatic carbocycles. The minimum Gasteiger partial charge on any atom is -0.478 e. The quantitative estimate of drug-likeness (QED) is 0.808. The highest BCUT2D eigenvalue weighted by molar-refractivity contribution is 5.92. The SMILES string of the molecule is CC(C)Cn1c(=O)c(=O)[nH]c2ccc(C(=O)O)cc21. The summed E-state index contributed by atoms with van der Waals surface area (Å²) in [4.78, 5) is 36.8. The van der Waals surface area contributed by atoms with Gasteiger partial charge in [-0.2, -0.15) is 0 Å². The third-order valence-electron chi connectivity index (χ3n) is 2.77. The second kappa shape index (κ2) is 4.72. The van der Waals surface area contributed by atoms with Gasteiger partial charge in [-0.25, -0.2) is 4.79 Å². The number of carboxylic acid groups (broad SMARTS) is 1. The number of hydrogen-bond acceptors (Lipinski definition) is 3. The molecule has 0 aliphatic rings. The molecule has 0 spiro atoms. The van der Waals surface area contributed by atoms with Gasteiger partial charge in [0.15, 0.2) is 0 Å². The molecule has 2 N–H and O–H groups in total. The molecular formula is C13H14N2O4. The summed E-state index contributed by atoms with van der Waals surface area (Å²) in [5, 5.41) is 8.98. The Morgan fingerprint density at radius 1 is 1.37 bits per heavy atom. The van der Waals surface area contributed by atoms with Gasteiger partial charge in [0, 0.05) is 6.54 Å². The maximum Gasteiger partial charge on any atom is 0.335 e. The molecule has 0 bridgehead atoms. The fraction of sp³-hybridized carbons (Fsp3) is 0.308. The van der Waals surface area contributed by atoms with Crippen molar-refractivity contribution in [2.45, 2.75) is 20.4 Å². The maximum absolute atomic E-state index is 11.9. The number of carboxylic acids is 1. The van der Waals surface area contributed by atoms with E-state index in [4.69, 9.17) is 5.11 Å². The van der Waals surface area contributed by atoms with Crippen LogP contribution in [0.2, 0.25) is 0 Å². The standard InChI is InChI=1S/C13H14N2O4/c1-7(2)6-15-10-5-8(13(18)19)3-4-9(10)14-11(16)12(15)17/h3-5,7H,6H2,1-2H3,(H,14,16)(H,18,19). The number of aromatic carboxylic acids is 1. The van der Waals surface area contributed by atoms with Crippen molar-refractivity contribution < 1.29 is 9.90 Å². The van der Waals surface area contributed by atoms with Gasteiger partial charge in [-0.3, -0.25) is 9.59 Å². The maximum atomic E-state index is 11.9. The topological polar surface area (TPSA) is 92.2 Å². The highest BCUT2D eigenvalue weighted by Crippen LogP contribution is 2.13. The lowest BCUT2D eigenvalue weighted by Gasteiger charge is -2.12. The van der Waals surface area contributed by atoms with Crippen LogP contribution in [-0.4, -0.2) is 20.6 Å². The van der Waals surface area contributed by atoms with Gasteiger partial charge in [-0.05, 0) is 24.1 Å². The summed E-state index contributed by atoms with van der Waals surface area (Å²) in [5.41, 5.74) is -0.398. The summed E-state index contributed by atoms with van der Waals surface area (Å²) in [6.07, 6.45) is 0. The second-order valence-electron chi connectivity index (χ2n) is 4.80. The Labute approximate surface area is 108 Å². The van der Waals surface area contributed by atoms with Crippen molar-refractivity contribution in [3.8, 4) is 0 Å². The molecule has 0 unspecified atom stereocenters. The van der Waals surface area contributed by atoms with E-state index in [9.17, 15) is 14.4 Å². The number of benzene rings is 1. The van der Waals surface area contributed by atoms with E-state index in [2.05, 4.69) is 4.98 Å². The van der Waals surface area contributed by atoms with Crippen LogP contribution in [0.5, 0.6) is 0 Å². The largest absolute Gasteiger partial charge is 0.478 e. The van der Waals surface area contributed by atoms with Crippen molar-refractivity contribution in [3.05, 3.63) is 44.5 Å². The summed E-state index contributed by atoms with van der Waals surface area (Å²) in [6, 6.07) is 4.29. The first-order chi connectivity index (χ1) is 8.90. The number of aromatic nitrogens is 2. The van der Waals surface area contributed by atoms with Gasteiger partial charge in [0.25, 0.3) is 0 Å². The van der Waals surface area contributed by atoms with Crippen LogP contribution in [0.4, 0.5) is 0 Å². The average Bonchev–Trinajstić information content (AvgIpc) is 2.34. The van der Waals surface area contributed by atoms with Crippen LogP contribution in [0, 0.1) is 5.92 Å². The second-order valence-corrected chi connectivity index (χ2v) is 4.80. The Hall–Kier alpha value is -2.37. The van der Waals surface area contributed by atoms with E-state index < -0.39 is 17.1 Å². The van der Waals surface area contributed by atoms with Gasteiger partial charge in [0.05, 0.1) is 16.6 Å². The molecule has 0 radical (unpaired) electrons. The first kappa shape index (κ1) is 13.1. The van der Waals surface area contributed by atoms with E-state index >= 15 is 0 Å². The van der Waals surface area contributed by atoms with Gasteiger partial charge in [0.1, 0.15) is 0 Å². The van der Waals surface area contributed by atoms with Crippen molar-refractivity contribution >= 4 is 17.0 Å². The van der Waals surface area contributed by atoms with Crippen LogP contribution in [0.3, 0.4) is 0 Å². The average molecular weight is 262 g/mol. The predicted octanol–water partition coefficient (Wildman–Crippen LogP) is 1.04. The zero-order valence-electron chi connectivity index (χ0n) is 10.6. The van der Waals surface area contributed by atoms with Crippen LogP contribution in [-0.2, 0) is 6.54 Å². The first-order valence-electron chi connectivity index (χ1n) is 5.90. The zero-order chi connectivity index (χ0) is 14.2. The molecule has 2 rings (SSSR count). The minimum absolute atomic E-state index is 0.0801. The van der Waals surface area contributed by atoms with E-state index in [1.165, 1.54) is 22.8 Å². The Kier molecular flexibility index (Phi) is 3.25. The van der Waals surface area contributed by atoms with Gasteiger partial charge >= 0.3 is 17.1 Å². The first-order valence-corrected chi connectivity index (χ1v) is 5.90. The molecule has 0 saturated carbocycles. The molecule has 0 atom stereocenters. The molecule has 1 aromatic heterocycles. The molecule has 6 nitrogen and oxygen atoms in total. The van der Waals surface area contributed by atoms with Gasteiger partial charge in [-0.15, -0.1) is 0 Å². The lowest BCUT2D eigenvalue weighted by molar-refractivity contribution is 0.0697. The number of fused-ring (bicyclic) bond motifs is 1. The van der Waals surface area contributed by atoms with E-state index in [0.717, 1.165) is 0 Å². The van der Waals surface area contributed by atoms with E-state index in [-0.39, 0.29) is 11.5 Å². The lowest BCUT2D eigenvalue weighted by atomic mass is 10.1. The number of rotatable bonds is 3. The molecule has 100 valence electrons. The van der Waals surface area contributed by atoms with E-state index in [1.54, 1.807) is 0 Å². The van der Waals surface area contributed by atoms with E-state index in [1.807, 2.05) is 13.8 Å². The molecule has 1 heterocycles. The van der Waals surface area contributed by atoms with Crippen LogP contribution < -0.4 is 11.1 Å². The normalized spacial score (nSPS) is 11.1. The summed E-state index contributed by atoms with van der Waals surface area (Å²) in [7, 11) is 0. The predicted molar refractivity (Wildman–Crippen MR) is 70.6 cm³/mol. The number of hydrogen-bond donors (Lipinski definition) is 2. The van der Waals surface area contributed by atoms with Crippen molar-refractivity contribution in [2.24, 2.45) is 5.92 Å². The number of nitrogens with one attached hydrogen (secondary N) is 1. The van der Waals surface area contributed by atoms with Crippen LogP contribution in [0.15, 0.2) is 27.8 Å². The fourth-order valence-electron chi connectivity index (χ4n) is 1.95. The Morgan fingerprint density at radius 2 is 2.05 bits per heavy atom. The zero-order valence-corrected chi connectivity index (χ0v) is 10.6. The fourth-order valence-corrected chi connectivity index (χ4v) is 1.95. The summed E-state index contributed by atoms with van der Waals surface area (Å²) in [5.74, 6) is -0.909. The third kappa shape index (κ3) is 2.42. The summed E-state index contributed by atoms with van der Waals surface area (Å²) in [6.45, 7) is 4.20. The Bertz CT molecular complexity index is 755.